The lowest BCUT2D eigenvalue weighted by Crippen LogP contribution is -2.36. The van der Waals surface area contributed by atoms with Crippen molar-refractivity contribution in [1.82, 2.24) is 9.97 Å². The van der Waals surface area contributed by atoms with Gasteiger partial charge in [0.15, 0.2) is 0 Å². The largest absolute Gasteiger partial charge is 0.419 e. The topological polar surface area (TPSA) is 72.1 Å². The number of piperidine rings is 1. The van der Waals surface area contributed by atoms with E-state index in [-0.39, 0.29) is 17.8 Å². The average Bonchev–Trinajstić information content (AvgIpc) is 2.38. The highest BCUT2D eigenvalue weighted by Crippen LogP contribution is 2.29. The zero-order chi connectivity index (χ0) is 14.8. The number of nitrogens with two attached hydrogens (primary N) is 1. The van der Waals surface area contributed by atoms with E-state index in [0.717, 1.165) is 25.2 Å². The van der Waals surface area contributed by atoms with Crippen LogP contribution in [0.4, 0.5) is 19.1 Å². The molecular formula is C12H15F3N4O. The molecule has 0 aliphatic carbocycles. The first-order valence-corrected chi connectivity index (χ1v) is 6.29. The van der Waals surface area contributed by atoms with Crippen LogP contribution in [0.1, 0.15) is 24.8 Å². The highest BCUT2D eigenvalue weighted by atomic mass is 19.4. The van der Waals surface area contributed by atoms with Crippen LogP contribution in [0.3, 0.4) is 0 Å². The number of nitrogens with zero attached hydrogens (tertiary/aromatic N) is 3. The van der Waals surface area contributed by atoms with E-state index in [0.29, 0.717) is 19.5 Å². The van der Waals surface area contributed by atoms with Gasteiger partial charge in [0.25, 0.3) is 0 Å². The van der Waals surface area contributed by atoms with Gasteiger partial charge in [0.2, 0.25) is 11.9 Å². The molecule has 1 fully saturated rings. The first-order chi connectivity index (χ1) is 9.36. The summed E-state index contributed by atoms with van der Waals surface area (Å²) in [6.07, 6.45) is -0.981. The Labute approximate surface area is 114 Å². The van der Waals surface area contributed by atoms with Crippen molar-refractivity contribution in [3.63, 3.8) is 0 Å². The molecule has 20 heavy (non-hydrogen) atoms. The fourth-order valence-electron chi connectivity index (χ4n) is 2.25. The van der Waals surface area contributed by atoms with Gasteiger partial charge >= 0.3 is 6.18 Å². The molecule has 110 valence electrons. The summed E-state index contributed by atoms with van der Waals surface area (Å²) in [6.45, 7) is 1.23. The third kappa shape index (κ3) is 3.58. The predicted molar refractivity (Wildman–Crippen MR) is 65.8 cm³/mol. The molecule has 5 nitrogen and oxygen atoms in total. The number of rotatable bonds is 3. The van der Waals surface area contributed by atoms with Gasteiger partial charge in [-0.05, 0) is 18.8 Å². The minimum Gasteiger partial charge on any atom is -0.370 e. The molecule has 1 aromatic rings. The molecule has 2 heterocycles. The SMILES string of the molecule is NC(=O)CC1CCN(c2ncc(C(F)(F)F)cn2)CC1. The van der Waals surface area contributed by atoms with E-state index in [1.54, 1.807) is 0 Å². The number of carbonyl (C=O) groups is 1. The summed E-state index contributed by atoms with van der Waals surface area (Å²) in [5.41, 5.74) is 4.29. The molecule has 1 aliphatic rings. The van der Waals surface area contributed by atoms with Crippen LogP contribution >= 0.6 is 0 Å². The number of halogens is 3. The number of anilines is 1. The Kier molecular flexibility index (Phi) is 4.10. The smallest absolute Gasteiger partial charge is 0.370 e. The second-order valence-corrected chi connectivity index (χ2v) is 4.87. The number of aromatic nitrogens is 2. The highest BCUT2D eigenvalue weighted by molar-refractivity contribution is 5.74. The summed E-state index contributed by atoms with van der Waals surface area (Å²) < 4.78 is 37.2. The van der Waals surface area contributed by atoms with Crippen LogP contribution in [0.2, 0.25) is 0 Å². The number of hydrogen-bond donors (Lipinski definition) is 1. The van der Waals surface area contributed by atoms with E-state index in [1.807, 2.05) is 4.90 Å². The van der Waals surface area contributed by atoms with Crippen LogP contribution in [-0.4, -0.2) is 29.0 Å². The lowest BCUT2D eigenvalue weighted by molar-refractivity contribution is -0.138. The van der Waals surface area contributed by atoms with Crippen molar-refractivity contribution in [3.05, 3.63) is 18.0 Å². The summed E-state index contributed by atoms with van der Waals surface area (Å²) in [6, 6.07) is 0. The summed E-state index contributed by atoms with van der Waals surface area (Å²) in [5, 5.41) is 0. The molecule has 0 bridgehead atoms. The Morgan fingerprint density at radius 3 is 2.30 bits per heavy atom. The molecule has 1 amide bonds. The normalized spacial score (nSPS) is 17.2. The Hall–Kier alpha value is -1.86. The number of primary amides is 1. The van der Waals surface area contributed by atoms with Crippen molar-refractivity contribution in [3.8, 4) is 0 Å². The molecule has 1 aliphatic heterocycles. The maximum Gasteiger partial charge on any atom is 0.419 e. The third-order valence-electron chi connectivity index (χ3n) is 3.35. The van der Waals surface area contributed by atoms with Crippen molar-refractivity contribution in [1.29, 1.82) is 0 Å². The van der Waals surface area contributed by atoms with Crippen LogP contribution in [0.15, 0.2) is 12.4 Å². The molecule has 8 heteroatoms. The van der Waals surface area contributed by atoms with E-state index in [9.17, 15) is 18.0 Å². The van der Waals surface area contributed by atoms with E-state index >= 15 is 0 Å². The third-order valence-corrected chi connectivity index (χ3v) is 3.35. The van der Waals surface area contributed by atoms with Crippen LogP contribution in [0.5, 0.6) is 0 Å². The number of amides is 1. The van der Waals surface area contributed by atoms with E-state index in [1.165, 1.54) is 0 Å². The summed E-state index contributed by atoms with van der Waals surface area (Å²) in [7, 11) is 0. The van der Waals surface area contributed by atoms with Gasteiger partial charge < -0.3 is 10.6 Å². The number of carbonyl (C=O) groups excluding carboxylic acids is 1. The number of hydrogen-bond acceptors (Lipinski definition) is 4. The molecule has 0 radical (unpaired) electrons. The second kappa shape index (κ2) is 5.64. The summed E-state index contributed by atoms with van der Waals surface area (Å²) in [4.78, 5) is 20.2. The fraction of sp³-hybridized carbons (Fsp3) is 0.583. The van der Waals surface area contributed by atoms with Crippen molar-refractivity contribution >= 4 is 11.9 Å². The van der Waals surface area contributed by atoms with Crippen molar-refractivity contribution in [2.75, 3.05) is 18.0 Å². The first-order valence-electron chi connectivity index (χ1n) is 6.29. The highest BCUT2D eigenvalue weighted by Gasteiger charge is 2.31. The average molecular weight is 288 g/mol. The fourth-order valence-corrected chi connectivity index (χ4v) is 2.25. The lowest BCUT2D eigenvalue weighted by Gasteiger charge is -2.31. The van der Waals surface area contributed by atoms with Crippen molar-refractivity contribution < 1.29 is 18.0 Å². The van der Waals surface area contributed by atoms with Gasteiger partial charge in [-0.2, -0.15) is 13.2 Å². The molecule has 2 N–H and O–H groups in total. The van der Waals surface area contributed by atoms with Crippen molar-refractivity contribution in [2.45, 2.75) is 25.4 Å². The van der Waals surface area contributed by atoms with Crippen LogP contribution < -0.4 is 10.6 Å². The van der Waals surface area contributed by atoms with Gasteiger partial charge in [-0.3, -0.25) is 4.79 Å². The van der Waals surface area contributed by atoms with Gasteiger partial charge in [0.1, 0.15) is 0 Å². The van der Waals surface area contributed by atoms with Gasteiger partial charge in [-0.1, -0.05) is 0 Å². The molecular weight excluding hydrogens is 273 g/mol. The monoisotopic (exact) mass is 288 g/mol. The molecule has 0 atom stereocenters. The van der Waals surface area contributed by atoms with Gasteiger partial charge in [-0.25, -0.2) is 9.97 Å². The maximum atomic E-state index is 12.4. The summed E-state index contributed by atoms with van der Waals surface area (Å²) in [5.74, 6) is 0.197. The van der Waals surface area contributed by atoms with E-state index < -0.39 is 11.7 Å². The zero-order valence-corrected chi connectivity index (χ0v) is 10.7. The first kappa shape index (κ1) is 14.5. The van der Waals surface area contributed by atoms with Crippen LogP contribution in [-0.2, 0) is 11.0 Å². The minimum absolute atomic E-state index is 0.234. The van der Waals surface area contributed by atoms with E-state index in [2.05, 4.69) is 9.97 Å². The molecule has 2 rings (SSSR count). The lowest BCUT2D eigenvalue weighted by atomic mass is 9.93. The molecule has 1 saturated heterocycles. The Morgan fingerprint density at radius 1 is 1.30 bits per heavy atom. The molecule has 0 saturated carbocycles. The minimum atomic E-state index is -4.42. The van der Waals surface area contributed by atoms with Crippen LogP contribution in [0.25, 0.3) is 0 Å². The van der Waals surface area contributed by atoms with E-state index in [4.69, 9.17) is 5.73 Å². The Bertz CT molecular complexity index is 467. The second-order valence-electron chi connectivity index (χ2n) is 4.87. The molecule has 0 spiro atoms. The maximum absolute atomic E-state index is 12.4. The van der Waals surface area contributed by atoms with Gasteiger partial charge in [0.05, 0.1) is 5.56 Å². The van der Waals surface area contributed by atoms with Crippen molar-refractivity contribution in [2.24, 2.45) is 11.7 Å². The zero-order valence-electron chi connectivity index (χ0n) is 10.7. The van der Waals surface area contributed by atoms with Gasteiger partial charge in [0, 0.05) is 31.9 Å². The predicted octanol–water partition coefficient (Wildman–Crippen LogP) is 1.59. The standard InChI is InChI=1S/C12H15F3N4O/c13-12(14,15)9-6-17-11(18-7-9)19-3-1-8(2-4-19)5-10(16)20/h6-8H,1-5H2,(H2,16,20). The Balaban J connectivity index is 1.95. The van der Waals surface area contributed by atoms with Crippen LogP contribution in [0, 0.1) is 5.92 Å². The quantitative estimate of drug-likeness (QED) is 0.916. The Morgan fingerprint density at radius 2 is 1.85 bits per heavy atom. The molecule has 1 aromatic heterocycles. The number of alkyl halides is 3. The summed E-state index contributed by atoms with van der Waals surface area (Å²) >= 11 is 0. The van der Waals surface area contributed by atoms with Gasteiger partial charge in [-0.15, -0.1) is 0 Å². The molecule has 0 unspecified atom stereocenters. The molecule has 0 aromatic carbocycles.